The first-order valence-electron chi connectivity index (χ1n) is 10.0. The minimum absolute atomic E-state index is 0.173. The maximum Gasteiger partial charge on any atom is 0.129 e. The summed E-state index contributed by atoms with van der Waals surface area (Å²) in [5.74, 6) is 0.407. The third kappa shape index (κ3) is 4.22. The molecule has 0 saturated heterocycles. The van der Waals surface area contributed by atoms with Crippen molar-refractivity contribution < 1.29 is 14.2 Å². The largest absolute Gasteiger partial charge is 0.489 e. The highest BCUT2D eigenvalue weighted by Crippen LogP contribution is 2.30. The number of benzene rings is 3. The van der Waals surface area contributed by atoms with Crippen molar-refractivity contribution in [2.24, 2.45) is 0 Å². The number of hydrogen-bond donors (Lipinski definition) is 2. The first-order valence-corrected chi connectivity index (χ1v) is 10.0. The van der Waals surface area contributed by atoms with Gasteiger partial charge in [0.1, 0.15) is 18.2 Å². The number of ether oxygens (including phenoxy) is 1. The number of rotatable bonds is 8. The van der Waals surface area contributed by atoms with Gasteiger partial charge in [-0.05, 0) is 42.9 Å². The molecule has 0 aliphatic rings. The monoisotopic (exact) mass is 404 g/mol. The number of likely N-dealkylation sites (N-methyl/N-ethyl adjacent to an activating group) is 1. The summed E-state index contributed by atoms with van der Waals surface area (Å²) in [7, 11) is 1.83. The van der Waals surface area contributed by atoms with Crippen LogP contribution in [0.1, 0.15) is 17.2 Å². The first-order chi connectivity index (χ1) is 14.7. The van der Waals surface area contributed by atoms with Crippen LogP contribution in [-0.4, -0.2) is 29.4 Å². The number of halogens is 1. The maximum absolute atomic E-state index is 13.8. The van der Waals surface area contributed by atoms with Gasteiger partial charge < -0.3 is 19.7 Å². The van der Waals surface area contributed by atoms with Crippen molar-refractivity contribution in [3.05, 3.63) is 102 Å². The van der Waals surface area contributed by atoms with E-state index in [1.807, 2.05) is 67.8 Å². The van der Waals surface area contributed by atoms with E-state index in [-0.39, 0.29) is 18.5 Å². The van der Waals surface area contributed by atoms with Gasteiger partial charge in [-0.2, -0.15) is 0 Å². The molecule has 0 amide bonds. The Morgan fingerprint density at radius 3 is 2.53 bits per heavy atom. The van der Waals surface area contributed by atoms with Crippen molar-refractivity contribution in [3.63, 3.8) is 0 Å². The molecule has 0 aliphatic carbocycles. The Balaban J connectivity index is 1.62. The lowest BCUT2D eigenvalue weighted by molar-refractivity contribution is 0.132. The third-order valence-electron chi connectivity index (χ3n) is 5.26. The molecule has 2 N–H and O–H groups in total. The predicted octanol–water partition coefficient (Wildman–Crippen LogP) is 4.53. The highest BCUT2D eigenvalue weighted by atomic mass is 19.1. The van der Waals surface area contributed by atoms with Gasteiger partial charge in [0, 0.05) is 29.2 Å². The molecule has 154 valence electrons. The van der Waals surface area contributed by atoms with Crippen molar-refractivity contribution in [1.29, 1.82) is 0 Å². The molecular formula is C25H25FN2O2. The average Bonchev–Trinajstić information content (AvgIpc) is 3.17. The zero-order valence-corrected chi connectivity index (χ0v) is 16.8. The van der Waals surface area contributed by atoms with Gasteiger partial charge in [-0.15, -0.1) is 0 Å². The van der Waals surface area contributed by atoms with Gasteiger partial charge in [-0.1, -0.05) is 48.5 Å². The van der Waals surface area contributed by atoms with E-state index in [0.29, 0.717) is 17.9 Å². The fourth-order valence-corrected chi connectivity index (χ4v) is 3.79. The molecule has 0 saturated carbocycles. The number of aliphatic hydroxyl groups is 1. The Hall–Kier alpha value is -3.15. The highest BCUT2D eigenvalue weighted by molar-refractivity contribution is 5.82. The fourth-order valence-electron chi connectivity index (χ4n) is 3.79. The van der Waals surface area contributed by atoms with E-state index in [9.17, 15) is 9.50 Å². The number of hydrogen-bond acceptors (Lipinski definition) is 3. The molecule has 0 aliphatic heterocycles. The third-order valence-corrected chi connectivity index (χ3v) is 5.26. The van der Waals surface area contributed by atoms with Gasteiger partial charge in [0.25, 0.3) is 0 Å². The Labute approximate surface area is 175 Å². The van der Waals surface area contributed by atoms with E-state index in [1.165, 1.54) is 6.07 Å². The average molecular weight is 404 g/mol. The molecule has 1 heterocycles. The Morgan fingerprint density at radius 2 is 1.77 bits per heavy atom. The molecule has 0 bridgehead atoms. The molecule has 1 aromatic heterocycles. The summed E-state index contributed by atoms with van der Waals surface area (Å²) >= 11 is 0. The van der Waals surface area contributed by atoms with E-state index in [0.717, 1.165) is 16.5 Å². The molecule has 3 aromatic carbocycles. The number of nitrogens with zero attached hydrogens (tertiary/aromatic N) is 1. The molecule has 4 aromatic rings. The van der Waals surface area contributed by atoms with Gasteiger partial charge in [-0.3, -0.25) is 0 Å². The molecule has 30 heavy (non-hydrogen) atoms. The van der Waals surface area contributed by atoms with Crippen molar-refractivity contribution in [3.8, 4) is 5.75 Å². The SMILES string of the molecule is CNC[C@@H](O)[C@H](c1ccccc1)n1ccc2cc(OCc3ccccc3F)ccc21. The number of aliphatic hydroxyl groups excluding tert-OH is 1. The van der Waals surface area contributed by atoms with E-state index >= 15 is 0 Å². The van der Waals surface area contributed by atoms with Gasteiger partial charge in [0.15, 0.2) is 0 Å². The fraction of sp³-hybridized carbons (Fsp3) is 0.200. The summed E-state index contributed by atoms with van der Waals surface area (Å²) in [6.45, 7) is 0.648. The summed E-state index contributed by atoms with van der Waals surface area (Å²) in [6.07, 6.45) is 1.40. The Kier molecular flexibility index (Phi) is 6.12. The van der Waals surface area contributed by atoms with Crippen molar-refractivity contribution >= 4 is 10.9 Å². The topological polar surface area (TPSA) is 46.4 Å². The van der Waals surface area contributed by atoms with Crippen LogP contribution >= 0.6 is 0 Å². The summed E-state index contributed by atoms with van der Waals surface area (Å²) < 4.78 is 21.7. The molecule has 0 fully saturated rings. The molecule has 4 rings (SSSR count). The van der Waals surface area contributed by atoms with E-state index in [2.05, 4.69) is 9.88 Å². The van der Waals surface area contributed by atoms with Crippen LogP contribution < -0.4 is 10.1 Å². The zero-order chi connectivity index (χ0) is 20.9. The van der Waals surface area contributed by atoms with Crippen LogP contribution in [0.2, 0.25) is 0 Å². The number of nitrogens with one attached hydrogen (secondary N) is 1. The molecule has 0 radical (unpaired) electrons. The Morgan fingerprint density at radius 1 is 1.00 bits per heavy atom. The highest BCUT2D eigenvalue weighted by Gasteiger charge is 2.23. The van der Waals surface area contributed by atoms with Crippen LogP contribution in [0.5, 0.6) is 5.75 Å². The van der Waals surface area contributed by atoms with E-state index in [1.54, 1.807) is 18.2 Å². The molecule has 2 atom stereocenters. The summed E-state index contributed by atoms with van der Waals surface area (Å²) in [5.41, 5.74) is 2.56. The molecular weight excluding hydrogens is 379 g/mol. The summed E-state index contributed by atoms with van der Waals surface area (Å²) in [4.78, 5) is 0. The van der Waals surface area contributed by atoms with Crippen molar-refractivity contribution in [1.82, 2.24) is 9.88 Å². The van der Waals surface area contributed by atoms with Crippen LogP contribution in [0.25, 0.3) is 10.9 Å². The van der Waals surface area contributed by atoms with E-state index in [4.69, 9.17) is 4.74 Å². The molecule has 0 spiro atoms. The quantitative estimate of drug-likeness (QED) is 0.454. The predicted molar refractivity (Wildman–Crippen MR) is 117 cm³/mol. The van der Waals surface area contributed by atoms with E-state index < -0.39 is 6.10 Å². The normalized spacial score (nSPS) is 13.3. The lowest BCUT2D eigenvalue weighted by Crippen LogP contribution is -2.33. The van der Waals surface area contributed by atoms with Gasteiger partial charge in [0.05, 0.1) is 12.1 Å². The standard InChI is InChI=1S/C25H25FN2O2/c1-27-16-24(29)25(18-7-3-2-4-8-18)28-14-13-19-15-21(11-12-23(19)28)30-17-20-9-5-6-10-22(20)26/h2-15,24-25,27,29H,16-17H2,1H3/t24-,25+/m1/s1. The van der Waals surface area contributed by atoms with Crippen LogP contribution in [0.3, 0.4) is 0 Å². The summed E-state index contributed by atoms with van der Waals surface area (Å²) in [6, 6.07) is 24.2. The minimum atomic E-state index is -0.593. The first kappa shape index (κ1) is 20.1. The van der Waals surface area contributed by atoms with Crippen molar-refractivity contribution in [2.45, 2.75) is 18.8 Å². The lowest BCUT2D eigenvalue weighted by atomic mass is 10.0. The van der Waals surface area contributed by atoms with Crippen LogP contribution in [0.4, 0.5) is 4.39 Å². The summed E-state index contributed by atoms with van der Waals surface area (Å²) in [5, 5.41) is 14.9. The lowest BCUT2D eigenvalue weighted by Gasteiger charge is -2.26. The molecule has 5 heteroatoms. The second kappa shape index (κ2) is 9.11. The number of aromatic nitrogens is 1. The van der Waals surface area contributed by atoms with Crippen molar-refractivity contribution in [2.75, 3.05) is 13.6 Å². The minimum Gasteiger partial charge on any atom is -0.489 e. The Bertz CT molecular complexity index is 1110. The maximum atomic E-state index is 13.8. The van der Waals surface area contributed by atoms with Crippen LogP contribution in [0, 0.1) is 5.82 Å². The molecule has 4 nitrogen and oxygen atoms in total. The van der Waals surface area contributed by atoms with Crippen LogP contribution in [-0.2, 0) is 6.61 Å². The number of fused-ring (bicyclic) bond motifs is 1. The van der Waals surface area contributed by atoms with Gasteiger partial charge in [0.2, 0.25) is 0 Å². The van der Waals surface area contributed by atoms with Crippen LogP contribution in [0.15, 0.2) is 85.1 Å². The smallest absolute Gasteiger partial charge is 0.129 e. The second-order valence-corrected chi connectivity index (χ2v) is 7.30. The second-order valence-electron chi connectivity index (χ2n) is 7.30. The van der Waals surface area contributed by atoms with Gasteiger partial charge >= 0.3 is 0 Å². The zero-order valence-electron chi connectivity index (χ0n) is 16.8. The van der Waals surface area contributed by atoms with Gasteiger partial charge in [-0.25, -0.2) is 4.39 Å². The molecule has 0 unspecified atom stereocenters.